The van der Waals surface area contributed by atoms with Crippen LogP contribution in [0, 0.1) is 5.82 Å². The third kappa shape index (κ3) is 3.95. The highest BCUT2D eigenvalue weighted by atomic mass is 19.4. The number of benzene rings is 1. The maximum absolute atomic E-state index is 14.6. The van der Waals surface area contributed by atoms with Crippen LogP contribution in [0.4, 0.5) is 17.6 Å². The van der Waals surface area contributed by atoms with E-state index in [0.29, 0.717) is 4.57 Å². The zero-order chi connectivity index (χ0) is 24.7. The van der Waals surface area contributed by atoms with E-state index in [2.05, 4.69) is 25.0 Å². The number of carbonyl (C=O) groups is 2. The number of nitrogens with one attached hydrogen (secondary N) is 1. The Hall–Kier alpha value is -4.29. The van der Waals surface area contributed by atoms with Crippen LogP contribution in [0.15, 0.2) is 54.2 Å². The lowest BCUT2D eigenvalue weighted by Gasteiger charge is -2.24. The maximum Gasteiger partial charge on any atom is 0.406 e. The van der Waals surface area contributed by atoms with Gasteiger partial charge in [-0.15, -0.1) is 0 Å². The number of amides is 1. The summed E-state index contributed by atoms with van der Waals surface area (Å²) in [4.78, 5) is 37.2. The van der Waals surface area contributed by atoms with E-state index >= 15 is 0 Å². The molecule has 0 bridgehead atoms. The van der Waals surface area contributed by atoms with Gasteiger partial charge in [0.2, 0.25) is 0 Å². The first kappa shape index (κ1) is 22.9. The summed E-state index contributed by atoms with van der Waals surface area (Å²) >= 11 is 0. The zero-order valence-corrected chi connectivity index (χ0v) is 17.4. The lowest BCUT2D eigenvalue weighted by molar-refractivity contribution is -0.140. The molecule has 176 valence electrons. The quantitative estimate of drug-likeness (QED) is 0.430. The Kier molecular flexibility index (Phi) is 5.55. The molecule has 1 aromatic carbocycles. The SMILES string of the molecule is COC(=O)c1cc(C2(c3ccc(F)c(-c4cncnc4)c3)N=C(N)NC2=O)cn1CC(F)(F)F. The van der Waals surface area contributed by atoms with E-state index in [0.717, 1.165) is 25.4 Å². The summed E-state index contributed by atoms with van der Waals surface area (Å²) in [5.41, 5.74) is 3.58. The molecular weight excluding hydrogens is 460 g/mol. The van der Waals surface area contributed by atoms with E-state index in [4.69, 9.17) is 5.73 Å². The second kappa shape index (κ2) is 8.24. The number of esters is 1. The predicted molar refractivity (Wildman–Crippen MR) is 110 cm³/mol. The van der Waals surface area contributed by atoms with Crippen molar-refractivity contribution in [1.29, 1.82) is 0 Å². The number of aromatic nitrogens is 3. The smallest absolute Gasteiger partial charge is 0.406 e. The molecule has 9 nitrogen and oxygen atoms in total. The molecule has 0 aliphatic carbocycles. The molecular formula is C21H16F4N6O3. The van der Waals surface area contributed by atoms with Gasteiger partial charge in [-0.2, -0.15) is 13.2 Å². The number of halogens is 4. The molecule has 1 aliphatic heterocycles. The molecule has 0 saturated heterocycles. The molecule has 0 spiro atoms. The molecule has 0 saturated carbocycles. The average molecular weight is 476 g/mol. The van der Waals surface area contributed by atoms with E-state index in [-0.39, 0.29) is 28.2 Å². The molecule has 3 aromatic rings. The number of guanidine groups is 1. The zero-order valence-electron chi connectivity index (χ0n) is 17.4. The van der Waals surface area contributed by atoms with Crippen molar-refractivity contribution in [2.75, 3.05) is 7.11 Å². The molecule has 2 aromatic heterocycles. The second-order valence-corrected chi connectivity index (χ2v) is 7.33. The number of carbonyl (C=O) groups excluding carboxylic acids is 2. The normalized spacial score (nSPS) is 17.9. The van der Waals surface area contributed by atoms with Crippen molar-refractivity contribution in [2.24, 2.45) is 10.7 Å². The molecule has 0 radical (unpaired) electrons. The second-order valence-electron chi connectivity index (χ2n) is 7.33. The summed E-state index contributed by atoms with van der Waals surface area (Å²) in [5.74, 6) is -2.81. The van der Waals surface area contributed by atoms with Crippen LogP contribution in [-0.4, -0.2) is 45.7 Å². The van der Waals surface area contributed by atoms with Crippen LogP contribution in [-0.2, 0) is 21.6 Å². The van der Waals surface area contributed by atoms with Crippen molar-refractivity contribution in [3.8, 4) is 11.1 Å². The van der Waals surface area contributed by atoms with Gasteiger partial charge < -0.3 is 15.0 Å². The largest absolute Gasteiger partial charge is 0.464 e. The van der Waals surface area contributed by atoms with Gasteiger partial charge in [0.1, 0.15) is 24.4 Å². The number of aliphatic imine (C=N–C) groups is 1. The Balaban J connectivity index is 1.95. The topological polar surface area (TPSA) is 124 Å². The fourth-order valence-electron chi connectivity index (χ4n) is 3.74. The highest BCUT2D eigenvalue weighted by molar-refractivity contribution is 6.09. The third-order valence-electron chi connectivity index (χ3n) is 5.17. The van der Waals surface area contributed by atoms with Gasteiger partial charge in [0.25, 0.3) is 5.91 Å². The van der Waals surface area contributed by atoms with Crippen molar-refractivity contribution in [3.05, 3.63) is 71.8 Å². The summed E-state index contributed by atoms with van der Waals surface area (Å²) in [6.45, 7) is -1.52. The van der Waals surface area contributed by atoms with Gasteiger partial charge in [0, 0.05) is 35.3 Å². The Morgan fingerprint density at radius 1 is 1.21 bits per heavy atom. The number of ether oxygens (including phenoxy) is 1. The third-order valence-corrected chi connectivity index (χ3v) is 5.17. The Morgan fingerprint density at radius 3 is 2.50 bits per heavy atom. The molecule has 4 rings (SSSR count). The van der Waals surface area contributed by atoms with Crippen LogP contribution < -0.4 is 11.1 Å². The van der Waals surface area contributed by atoms with Crippen LogP contribution in [0.1, 0.15) is 21.6 Å². The molecule has 1 aliphatic rings. The minimum absolute atomic E-state index is 0.0221. The van der Waals surface area contributed by atoms with Gasteiger partial charge in [-0.25, -0.2) is 24.1 Å². The molecule has 0 fully saturated rings. The highest BCUT2D eigenvalue weighted by Crippen LogP contribution is 2.40. The molecule has 3 N–H and O–H groups in total. The van der Waals surface area contributed by atoms with E-state index in [1.807, 2.05) is 0 Å². The van der Waals surface area contributed by atoms with Gasteiger partial charge >= 0.3 is 12.1 Å². The minimum atomic E-state index is -4.68. The molecule has 34 heavy (non-hydrogen) atoms. The number of methoxy groups -OCH3 is 1. The predicted octanol–water partition coefficient (Wildman–Crippen LogP) is 2.12. The summed E-state index contributed by atoms with van der Waals surface area (Å²) in [7, 11) is 1.01. The minimum Gasteiger partial charge on any atom is -0.464 e. The number of nitrogens with two attached hydrogens (primary N) is 1. The van der Waals surface area contributed by atoms with Gasteiger partial charge in [-0.3, -0.25) is 10.1 Å². The van der Waals surface area contributed by atoms with Crippen molar-refractivity contribution in [1.82, 2.24) is 19.9 Å². The highest BCUT2D eigenvalue weighted by Gasteiger charge is 2.48. The molecule has 1 amide bonds. The average Bonchev–Trinajstić information content (AvgIpc) is 3.33. The molecule has 1 unspecified atom stereocenters. The number of nitrogens with zero attached hydrogens (tertiary/aromatic N) is 4. The van der Waals surface area contributed by atoms with Crippen molar-refractivity contribution in [3.63, 3.8) is 0 Å². The van der Waals surface area contributed by atoms with Crippen LogP contribution in [0.25, 0.3) is 11.1 Å². The Morgan fingerprint density at radius 2 is 1.91 bits per heavy atom. The monoisotopic (exact) mass is 476 g/mol. The fourth-order valence-corrected chi connectivity index (χ4v) is 3.74. The summed E-state index contributed by atoms with van der Waals surface area (Å²) in [6, 6.07) is 4.69. The molecule has 3 heterocycles. The first-order valence-electron chi connectivity index (χ1n) is 9.63. The van der Waals surface area contributed by atoms with Gasteiger partial charge in [0.15, 0.2) is 11.5 Å². The van der Waals surface area contributed by atoms with E-state index in [9.17, 15) is 27.2 Å². The van der Waals surface area contributed by atoms with Crippen LogP contribution in [0.3, 0.4) is 0 Å². The molecule has 13 heteroatoms. The summed E-state index contributed by atoms with van der Waals surface area (Å²) < 4.78 is 59.3. The van der Waals surface area contributed by atoms with Crippen LogP contribution in [0.2, 0.25) is 0 Å². The number of hydrogen-bond donors (Lipinski definition) is 2. The van der Waals surface area contributed by atoms with Crippen LogP contribution in [0.5, 0.6) is 0 Å². The number of rotatable bonds is 5. The summed E-state index contributed by atoms with van der Waals surface area (Å²) in [5, 5.41) is 2.32. The number of hydrogen-bond acceptors (Lipinski definition) is 7. The first-order valence-corrected chi connectivity index (χ1v) is 9.63. The van der Waals surface area contributed by atoms with Gasteiger partial charge in [-0.05, 0) is 23.8 Å². The standard InChI is InChI=1S/C21H16F4N6O3/c1-34-17(32)16-5-13(8-31(16)9-20(23,24)25)21(18(33)29-19(26)30-21)12-2-3-15(22)14(4-12)11-6-27-10-28-7-11/h2-8,10H,9H2,1H3,(H3,26,29,30,33). The lowest BCUT2D eigenvalue weighted by atomic mass is 9.83. The maximum atomic E-state index is 14.6. The first-order chi connectivity index (χ1) is 16.0. The fraction of sp³-hybridized carbons (Fsp3) is 0.190. The van der Waals surface area contributed by atoms with Gasteiger partial charge in [0.05, 0.1) is 7.11 Å². The van der Waals surface area contributed by atoms with E-state index in [1.165, 1.54) is 30.9 Å². The van der Waals surface area contributed by atoms with Crippen molar-refractivity contribution < 1.29 is 31.9 Å². The van der Waals surface area contributed by atoms with E-state index in [1.54, 1.807) is 0 Å². The van der Waals surface area contributed by atoms with Crippen molar-refractivity contribution >= 4 is 17.8 Å². The van der Waals surface area contributed by atoms with Crippen LogP contribution >= 0.6 is 0 Å². The number of alkyl halides is 3. The van der Waals surface area contributed by atoms with Gasteiger partial charge in [-0.1, -0.05) is 6.07 Å². The van der Waals surface area contributed by atoms with Crippen molar-refractivity contribution in [2.45, 2.75) is 18.3 Å². The lowest BCUT2D eigenvalue weighted by Crippen LogP contribution is -2.39. The molecule has 1 atom stereocenters. The Bertz CT molecular complexity index is 1310. The summed E-state index contributed by atoms with van der Waals surface area (Å²) in [6.07, 6.45) is 0.242. The van der Waals surface area contributed by atoms with E-state index < -0.39 is 41.6 Å². The Labute approximate surface area is 189 Å².